The van der Waals surface area contributed by atoms with Gasteiger partial charge < -0.3 is 15.4 Å². The maximum Gasteiger partial charge on any atom is 0.223 e. The van der Waals surface area contributed by atoms with Crippen LogP contribution in [-0.4, -0.2) is 31.1 Å². The molecule has 0 aromatic heterocycles. The third-order valence-electron chi connectivity index (χ3n) is 3.58. The second-order valence-corrected chi connectivity index (χ2v) is 5.56. The number of hydrogen-bond acceptors (Lipinski definition) is 3. The van der Waals surface area contributed by atoms with Gasteiger partial charge in [0, 0.05) is 12.1 Å². The molecule has 1 fully saturated rings. The molecule has 1 aliphatic rings. The summed E-state index contributed by atoms with van der Waals surface area (Å²) in [4.78, 5) is 11.9. The van der Waals surface area contributed by atoms with Crippen molar-refractivity contribution < 1.29 is 9.53 Å². The van der Waals surface area contributed by atoms with Crippen molar-refractivity contribution >= 4 is 18.3 Å². The Labute approximate surface area is 133 Å². The van der Waals surface area contributed by atoms with Crippen molar-refractivity contribution in [3.05, 3.63) is 29.8 Å². The van der Waals surface area contributed by atoms with E-state index in [1.165, 1.54) is 0 Å². The van der Waals surface area contributed by atoms with Gasteiger partial charge in [-0.15, -0.1) is 12.4 Å². The molecule has 1 amide bonds. The number of piperidine rings is 1. The Bertz CT molecular complexity index is 454. The van der Waals surface area contributed by atoms with E-state index in [1.807, 2.05) is 31.2 Å². The molecule has 21 heavy (non-hydrogen) atoms. The minimum Gasteiger partial charge on any atom is -0.493 e. The lowest BCUT2D eigenvalue weighted by molar-refractivity contribution is -0.122. The minimum atomic E-state index is 0. The van der Waals surface area contributed by atoms with Crippen LogP contribution in [-0.2, 0) is 4.79 Å². The van der Waals surface area contributed by atoms with Crippen molar-refractivity contribution in [2.24, 2.45) is 0 Å². The van der Waals surface area contributed by atoms with Crippen molar-refractivity contribution in [3.8, 4) is 5.75 Å². The third-order valence-corrected chi connectivity index (χ3v) is 3.58. The van der Waals surface area contributed by atoms with Crippen LogP contribution in [0.5, 0.6) is 5.75 Å². The highest BCUT2D eigenvalue weighted by Crippen LogP contribution is 2.12. The van der Waals surface area contributed by atoms with E-state index in [4.69, 9.17) is 4.74 Å². The van der Waals surface area contributed by atoms with Gasteiger partial charge >= 0.3 is 0 Å². The number of hydrogen-bond donors (Lipinski definition) is 2. The van der Waals surface area contributed by atoms with Gasteiger partial charge in [-0.2, -0.15) is 0 Å². The van der Waals surface area contributed by atoms with E-state index < -0.39 is 0 Å². The molecule has 1 saturated heterocycles. The highest BCUT2D eigenvalue weighted by molar-refractivity contribution is 5.85. The number of amides is 1. The Morgan fingerprint density at radius 1 is 1.48 bits per heavy atom. The summed E-state index contributed by atoms with van der Waals surface area (Å²) in [5.74, 6) is 0.907. The van der Waals surface area contributed by atoms with E-state index in [1.54, 1.807) is 0 Å². The normalized spacial score (nSPS) is 21.2. The molecule has 0 aliphatic carbocycles. The van der Waals surface area contributed by atoms with Gasteiger partial charge in [-0.3, -0.25) is 4.79 Å². The molecular formula is C16H25ClN2O2. The zero-order valence-corrected chi connectivity index (χ0v) is 13.5. The number of ether oxygens (including phenoxy) is 1. The van der Waals surface area contributed by atoms with Gasteiger partial charge in [-0.1, -0.05) is 12.1 Å². The molecular weight excluding hydrogens is 288 g/mol. The monoisotopic (exact) mass is 312 g/mol. The van der Waals surface area contributed by atoms with Crippen LogP contribution in [0.4, 0.5) is 0 Å². The van der Waals surface area contributed by atoms with E-state index in [0.29, 0.717) is 25.1 Å². The molecule has 118 valence electrons. The summed E-state index contributed by atoms with van der Waals surface area (Å²) in [7, 11) is 0. The number of aryl methyl sites for hydroxylation is 1. The average Bonchev–Trinajstić information content (AvgIpc) is 2.38. The fourth-order valence-corrected chi connectivity index (χ4v) is 2.53. The van der Waals surface area contributed by atoms with Gasteiger partial charge in [0.15, 0.2) is 0 Å². The van der Waals surface area contributed by atoms with Gasteiger partial charge in [-0.05, 0) is 50.9 Å². The quantitative estimate of drug-likeness (QED) is 0.878. The highest BCUT2D eigenvalue weighted by Gasteiger charge is 2.19. The Morgan fingerprint density at radius 3 is 3.00 bits per heavy atom. The van der Waals surface area contributed by atoms with Crippen LogP contribution in [0.25, 0.3) is 0 Å². The maximum atomic E-state index is 11.9. The maximum absolute atomic E-state index is 11.9. The van der Waals surface area contributed by atoms with Crippen LogP contribution in [0.15, 0.2) is 24.3 Å². The first-order valence-corrected chi connectivity index (χ1v) is 7.35. The third kappa shape index (κ3) is 6.36. The van der Waals surface area contributed by atoms with Crippen LogP contribution in [0.3, 0.4) is 0 Å². The topological polar surface area (TPSA) is 50.4 Å². The Balaban J connectivity index is 0.00000220. The first kappa shape index (κ1) is 17.8. The zero-order valence-electron chi connectivity index (χ0n) is 12.7. The molecule has 0 spiro atoms. The molecule has 0 radical (unpaired) electrons. The van der Waals surface area contributed by atoms with E-state index in [2.05, 4.69) is 17.6 Å². The zero-order chi connectivity index (χ0) is 14.4. The SMILES string of the molecule is Cc1cccc(OCCC(=O)NC2CCNC(C)C2)c1.Cl. The fourth-order valence-electron chi connectivity index (χ4n) is 2.53. The number of nitrogens with one attached hydrogen (secondary N) is 2. The van der Waals surface area contributed by atoms with Crippen molar-refractivity contribution in [2.75, 3.05) is 13.2 Å². The van der Waals surface area contributed by atoms with Gasteiger partial charge in [-0.25, -0.2) is 0 Å². The first-order chi connectivity index (χ1) is 9.63. The molecule has 2 rings (SSSR count). The van der Waals surface area contributed by atoms with Crippen LogP contribution < -0.4 is 15.4 Å². The number of halogens is 1. The predicted molar refractivity (Wildman–Crippen MR) is 87.2 cm³/mol. The number of carbonyl (C=O) groups excluding carboxylic acids is 1. The Kier molecular flexibility index (Phi) is 7.54. The molecule has 2 unspecified atom stereocenters. The molecule has 2 atom stereocenters. The van der Waals surface area contributed by atoms with E-state index >= 15 is 0 Å². The smallest absolute Gasteiger partial charge is 0.223 e. The van der Waals surface area contributed by atoms with Gasteiger partial charge in [0.25, 0.3) is 0 Å². The highest BCUT2D eigenvalue weighted by atomic mass is 35.5. The summed E-state index contributed by atoms with van der Waals surface area (Å²) in [5, 5.41) is 6.47. The number of carbonyl (C=O) groups is 1. The van der Waals surface area contributed by atoms with Crippen molar-refractivity contribution in [1.82, 2.24) is 10.6 Å². The largest absolute Gasteiger partial charge is 0.493 e. The molecule has 1 aromatic carbocycles. The minimum absolute atomic E-state index is 0. The molecule has 2 N–H and O–H groups in total. The van der Waals surface area contributed by atoms with Crippen LogP contribution in [0, 0.1) is 6.92 Å². The summed E-state index contributed by atoms with van der Waals surface area (Å²) in [6.07, 6.45) is 2.42. The van der Waals surface area contributed by atoms with Crippen LogP contribution >= 0.6 is 12.4 Å². The van der Waals surface area contributed by atoms with Crippen molar-refractivity contribution in [1.29, 1.82) is 0 Å². The fraction of sp³-hybridized carbons (Fsp3) is 0.562. The molecule has 4 nitrogen and oxygen atoms in total. The molecule has 0 saturated carbocycles. The molecule has 5 heteroatoms. The van der Waals surface area contributed by atoms with E-state index in [-0.39, 0.29) is 18.3 Å². The van der Waals surface area contributed by atoms with Crippen molar-refractivity contribution in [2.45, 2.75) is 45.2 Å². The lowest BCUT2D eigenvalue weighted by atomic mass is 10.0. The standard InChI is InChI=1S/C16H24N2O2.ClH/c1-12-4-3-5-15(10-12)20-9-7-16(19)18-14-6-8-17-13(2)11-14;/h3-5,10,13-14,17H,6-9,11H2,1-2H3,(H,18,19);1H. The summed E-state index contributed by atoms with van der Waals surface area (Å²) in [6, 6.07) is 8.67. The lowest BCUT2D eigenvalue weighted by Crippen LogP contribution is -2.46. The summed E-state index contributed by atoms with van der Waals surface area (Å²) >= 11 is 0. The Morgan fingerprint density at radius 2 is 2.29 bits per heavy atom. The predicted octanol–water partition coefficient (Wildman–Crippen LogP) is 2.44. The molecule has 1 aromatic rings. The second kappa shape index (κ2) is 8.90. The first-order valence-electron chi connectivity index (χ1n) is 7.35. The molecule has 0 bridgehead atoms. The number of rotatable bonds is 5. The lowest BCUT2D eigenvalue weighted by Gasteiger charge is -2.28. The van der Waals surface area contributed by atoms with Gasteiger partial charge in [0.05, 0.1) is 13.0 Å². The van der Waals surface area contributed by atoms with E-state index in [0.717, 1.165) is 30.7 Å². The summed E-state index contributed by atoms with van der Waals surface area (Å²) < 4.78 is 5.59. The second-order valence-electron chi connectivity index (χ2n) is 5.56. The summed E-state index contributed by atoms with van der Waals surface area (Å²) in [6.45, 7) is 5.58. The average molecular weight is 313 g/mol. The van der Waals surface area contributed by atoms with Crippen LogP contribution in [0.2, 0.25) is 0 Å². The van der Waals surface area contributed by atoms with Crippen LogP contribution in [0.1, 0.15) is 31.7 Å². The van der Waals surface area contributed by atoms with E-state index in [9.17, 15) is 4.79 Å². The van der Waals surface area contributed by atoms with Crippen molar-refractivity contribution in [3.63, 3.8) is 0 Å². The Hall–Kier alpha value is -1.26. The summed E-state index contributed by atoms with van der Waals surface area (Å²) in [5.41, 5.74) is 1.16. The molecule has 1 heterocycles. The van der Waals surface area contributed by atoms with Gasteiger partial charge in [0.1, 0.15) is 5.75 Å². The number of benzene rings is 1. The van der Waals surface area contributed by atoms with Gasteiger partial charge in [0.2, 0.25) is 5.91 Å². The molecule has 1 aliphatic heterocycles.